The molecule has 0 atom stereocenters. The quantitative estimate of drug-likeness (QED) is 0.858. The molecule has 5 nitrogen and oxygen atoms in total. The summed E-state index contributed by atoms with van der Waals surface area (Å²) in [6.45, 7) is -2.92. The molecule has 0 fully saturated rings. The minimum absolute atomic E-state index is 0.0377. The maximum Gasteiger partial charge on any atom is 0.387 e. The molecule has 0 aromatic heterocycles. The highest BCUT2D eigenvalue weighted by Crippen LogP contribution is 2.17. The lowest BCUT2D eigenvalue weighted by atomic mass is 10.1. The number of halogens is 2. The molecule has 0 radical (unpaired) electrons. The molecule has 2 aromatic carbocycles. The molecule has 0 saturated heterocycles. The normalized spacial score (nSPS) is 10.3. The van der Waals surface area contributed by atoms with Gasteiger partial charge in [-0.15, -0.1) is 0 Å². The number of esters is 1. The van der Waals surface area contributed by atoms with Gasteiger partial charge in [-0.1, -0.05) is 6.07 Å². The fraction of sp³-hybridized carbons (Fsp3) is 0.125. The molecule has 7 heteroatoms. The van der Waals surface area contributed by atoms with E-state index in [9.17, 15) is 18.4 Å². The molecule has 1 N–H and O–H groups in total. The molecule has 23 heavy (non-hydrogen) atoms. The number of hydrogen-bond donors (Lipinski definition) is 1. The maximum absolute atomic E-state index is 12.1. The van der Waals surface area contributed by atoms with Crippen LogP contribution in [0.25, 0.3) is 0 Å². The number of carbonyl (C=O) groups excluding carboxylic acids is 2. The van der Waals surface area contributed by atoms with Gasteiger partial charge < -0.3 is 14.8 Å². The number of hydrogen-bond acceptors (Lipinski definition) is 4. The smallest absolute Gasteiger partial charge is 0.387 e. The van der Waals surface area contributed by atoms with Crippen LogP contribution in [0.4, 0.5) is 14.5 Å². The first-order valence-corrected chi connectivity index (χ1v) is 6.54. The monoisotopic (exact) mass is 321 g/mol. The zero-order valence-corrected chi connectivity index (χ0v) is 12.1. The van der Waals surface area contributed by atoms with Crippen molar-refractivity contribution in [2.45, 2.75) is 6.61 Å². The first kappa shape index (κ1) is 16.4. The topological polar surface area (TPSA) is 64.6 Å². The Morgan fingerprint density at radius 1 is 1.04 bits per heavy atom. The number of amides is 1. The summed E-state index contributed by atoms with van der Waals surface area (Å²) in [6, 6.07) is 11.5. The standard InChI is InChI=1S/C16H13F2NO4/c1-22-15(21)11-3-2-4-12(9-11)19-14(20)10-5-7-13(8-6-10)23-16(17)18/h2-9,16H,1H3,(H,19,20). The summed E-state index contributed by atoms with van der Waals surface area (Å²) in [7, 11) is 1.26. The molecule has 2 rings (SSSR count). The molecule has 0 heterocycles. The van der Waals surface area contributed by atoms with E-state index in [0.717, 1.165) is 0 Å². The molecule has 2 aromatic rings. The minimum Gasteiger partial charge on any atom is -0.465 e. The summed E-state index contributed by atoms with van der Waals surface area (Å²) in [5.41, 5.74) is 0.965. The van der Waals surface area contributed by atoms with Gasteiger partial charge in [-0.25, -0.2) is 4.79 Å². The van der Waals surface area contributed by atoms with Crippen molar-refractivity contribution in [2.24, 2.45) is 0 Å². The molecule has 0 unspecified atom stereocenters. The summed E-state index contributed by atoms with van der Waals surface area (Å²) >= 11 is 0. The number of nitrogens with one attached hydrogen (secondary N) is 1. The fourth-order valence-electron chi connectivity index (χ4n) is 1.83. The van der Waals surface area contributed by atoms with Crippen molar-refractivity contribution in [2.75, 3.05) is 12.4 Å². The Labute approximate surface area is 130 Å². The molecule has 0 bridgehead atoms. The second-order valence-electron chi connectivity index (χ2n) is 4.43. The van der Waals surface area contributed by atoms with Crippen LogP contribution in [0.2, 0.25) is 0 Å². The first-order valence-electron chi connectivity index (χ1n) is 6.54. The second kappa shape index (κ2) is 7.35. The highest BCUT2D eigenvalue weighted by atomic mass is 19.3. The van der Waals surface area contributed by atoms with Gasteiger partial charge in [-0.05, 0) is 42.5 Å². The van der Waals surface area contributed by atoms with E-state index in [-0.39, 0.29) is 11.3 Å². The zero-order chi connectivity index (χ0) is 16.8. The number of benzene rings is 2. The van der Waals surface area contributed by atoms with E-state index in [1.165, 1.54) is 37.4 Å². The number of methoxy groups -OCH3 is 1. The Hall–Kier alpha value is -2.96. The SMILES string of the molecule is COC(=O)c1cccc(NC(=O)c2ccc(OC(F)F)cc2)c1. The number of ether oxygens (including phenoxy) is 2. The van der Waals surface area contributed by atoms with Crippen LogP contribution >= 0.6 is 0 Å². The van der Waals surface area contributed by atoms with Gasteiger partial charge in [0.05, 0.1) is 12.7 Å². The molecule has 120 valence electrons. The number of rotatable bonds is 5. The van der Waals surface area contributed by atoms with Crippen molar-refractivity contribution in [3.8, 4) is 5.75 Å². The Bertz CT molecular complexity index is 701. The third-order valence-corrected chi connectivity index (χ3v) is 2.88. The third-order valence-electron chi connectivity index (χ3n) is 2.88. The fourth-order valence-corrected chi connectivity index (χ4v) is 1.83. The lowest BCUT2D eigenvalue weighted by Gasteiger charge is -2.08. The van der Waals surface area contributed by atoms with E-state index < -0.39 is 18.5 Å². The van der Waals surface area contributed by atoms with Crippen LogP contribution in [-0.4, -0.2) is 25.6 Å². The summed E-state index contributed by atoms with van der Waals surface area (Å²) in [6.07, 6.45) is 0. The van der Waals surface area contributed by atoms with Crippen molar-refractivity contribution in [3.05, 3.63) is 59.7 Å². The van der Waals surface area contributed by atoms with E-state index in [4.69, 9.17) is 0 Å². The van der Waals surface area contributed by atoms with Crippen LogP contribution in [0, 0.1) is 0 Å². The average molecular weight is 321 g/mol. The van der Waals surface area contributed by atoms with Gasteiger partial charge in [-0.2, -0.15) is 8.78 Å². The van der Waals surface area contributed by atoms with E-state index in [1.54, 1.807) is 18.2 Å². The summed E-state index contributed by atoms with van der Waals surface area (Å²) in [5, 5.41) is 2.60. The highest BCUT2D eigenvalue weighted by Gasteiger charge is 2.10. The molecule has 0 spiro atoms. The van der Waals surface area contributed by atoms with Crippen molar-refractivity contribution in [1.82, 2.24) is 0 Å². The minimum atomic E-state index is -2.92. The van der Waals surface area contributed by atoms with Crippen molar-refractivity contribution >= 4 is 17.6 Å². The van der Waals surface area contributed by atoms with E-state index in [0.29, 0.717) is 11.3 Å². The molecular weight excluding hydrogens is 308 g/mol. The van der Waals surface area contributed by atoms with Gasteiger partial charge in [0.25, 0.3) is 5.91 Å². The van der Waals surface area contributed by atoms with Crippen LogP contribution in [0.5, 0.6) is 5.75 Å². The first-order chi connectivity index (χ1) is 11.0. The summed E-state index contributed by atoms with van der Waals surface area (Å²) < 4.78 is 32.9. The van der Waals surface area contributed by atoms with Gasteiger partial charge >= 0.3 is 12.6 Å². The van der Waals surface area contributed by atoms with E-state index in [2.05, 4.69) is 14.8 Å². The molecule has 0 aliphatic heterocycles. The third kappa shape index (κ3) is 4.50. The zero-order valence-electron chi connectivity index (χ0n) is 12.1. The van der Waals surface area contributed by atoms with Gasteiger partial charge in [0.1, 0.15) is 5.75 Å². The average Bonchev–Trinajstić information content (AvgIpc) is 2.54. The van der Waals surface area contributed by atoms with Crippen LogP contribution < -0.4 is 10.1 Å². The highest BCUT2D eigenvalue weighted by molar-refractivity contribution is 6.04. The molecule has 1 amide bonds. The van der Waals surface area contributed by atoms with Gasteiger partial charge in [0.2, 0.25) is 0 Å². The van der Waals surface area contributed by atoms with Crippen LogP contribution in [0.1, 0.15) is 20.7 Å². The predicted molar refractivity (Wildman–Crippen MR) is 78.8 cm³/mol. The van der Waals surface area contributed by atoms with Gasteiger partial charge in [-0.3, -0.25) is 4.79 Å². The predicted octanol–water partition coefficient (Wildman–Crippen LogP) is 3.33. The number of carbonyl (C=O) groups is 2. The van der Waals surface area contributed by atoms with Crippen LogP contribution in [0.3, 0.4) is 0 Å². The molecular formula is C16H13F2NO4. The van der Waals surface area contributed by atoms with Crippen molar-refractivity contribution in [3.63, 3.8) is 0 Å². The summed E-state index contributed by atoms with van der Waals surface area (Å²) in [5.74, 6) is -1.01. The molecule has 0 aliphatic carbocycles. The molecule has 0 aliphatic rings. The van der Waals surface area contributed by atoms with Gasteiger partial charge in [0.15, 0.2) is 0 Å². The maximum atomic E-state index is 12.1. The lowest BCUT2D eigenvalue weighted by Crippen LogP contribution is -2.12. The number of anilines is 1. The Morgan fingerprint density at radius 2 is 1.74 bits per heavy atom. The Kier molecular flexibility index (Phi) is 5.24. The Morgan fingerprint density at radius 3 is 2.35 bits per heavy atom. The van der Waals surface area contributed by atoms with E-state index >= 15 is 0 Å². The largest absolute Gasteiger partial charge is 0.465 e. The van der Waals surface area contributed by atoms with Crippen molar-refractivity contribution in [1.29, 1.82) is 0 Å². The second-order valence-corrected chi connectivity index (χ2v) is 4.43. The lowest BCUT2D eigenvalue weighted by molar-refractivity contribution is -0.0498. The van der Waals surface area contributed by atoms with Gasteiger partial charge in [0, 0.05) is 11.3 Å². The number of alkyl halides is 2. The van der Waals surface area contributed by atoms with E-state index in [1.807, 2.05) is 0 Å². The van der Waals surface area contributed by atoms with Crippen LogP contribution in [-0.2, 0) is 4.74 Å². The summed E-state index contributed by atoms with van der Waals surface area (Å²) in [4.78, 5) is 23.5. The van der Waals surface area contributed by atoms with Crippen molar-refractivity contribution < 1.29 is 27.8 Å². The van der Waals surface area contributed by atoms with Crippen LogP contribution in [0.15, 0.2) is 48.5 Å². The molecule has 0 saturated carbocycles. The Balaban J connectivity index is 2.08.